The summed E-state index contributed by atoms with van der Waals surface area (Å²) in [4.78, 5) is 0. The summed E-state index contributed by atoms with van der Waals surface area (Å²) in [5, 5.41) is 0. The van der Waals surface area contributed by atoms with Gasteiger partial charge in [-0.15, -0.1) is 0 Å². The molecule has 3 aromatic rings. The molecule has 0 fully saturated rings. The van der Waals surface area contributed by atoms with Gasteiger partial charge in [0.1, 0.15) is 0 Å². The van der Waals surface area contributed by atoms with E-state index in [4.69, 9.17) is 0 Å². The monoisotopic (exact) mass is 355 g/mol. The van der Waals surface area contributed by atoms with Gasteiger partial charge in [-0.3, -0.25) is 0 Å². The van der Waals surface area contributed by atoms with Crippen LogP contribution in [0, 0.1) is 6.92 Å². The van der Waals surface area contributed by atoms with Crippen molar-refractivity contribution in [1.82, 2.24) is 0 Å². The standard InChI is InChI=1S/C27H31/c1-4-6-14-22-16-8-10-18-24(22)26-20-12-13-21(3)27(26)25-19-11-9-17-23(25)15-7-5-2/h8-13,16-20H,3-7,14-15H2,1-2H3. The van der Waals surface area contributed by atoms with Crippen LogP contribution >= 0.6 is 0 Å². The Bertz CT molecular complexity index is 873. The van der Waals surface area contributed by atoms with Crippen molar-refractivity contribution in [3.63, 3.8) is 0 Å². The van der Waals surface area contributed by atoms with E-state index in [-0.39, 0.29) is 0 Å². The maximum atomic E-state index is 4.40. The highest BCUT2D eigenvalue weighted by molar-refractivity contribution is 5.88. The van der Waals surface area contributed by atoms with Crippen molar-refractivity contribution in [2.24, 2.45) is 0 Å². The molecule has 0 aliphatic carbocycles. The Morgan fingerprint density at radius 2 is 1.11 bits per heavy atom. The van der Waals surface area contributed by atoms with Crippen molar-refractivity contribution in [1.29, 1.82) is 0 Å². The van der Waals surface area contributed by atoms with Gasteiger partial charge < -0.3 is 0 Å². The fourth-order valence-electron chi connectivity index (χ4n) is 3.86. The Balaban J connectivity index is 2.16. The average molecular weight is 356 g/mol. The minimum Gasteiger partial charge on any atom is -0.0654 e. The topological polar surface area (TPSA) is 0 Å². The molecule has 3 rings (SSSR count). The lowest BCUT2D eigenvalue weighted by atomic mass is 9.85. The van der Waals surface area contributed by atoms with Crippen molar-refractivity contribution in [3.8, 4) is 22.3 Å². The van der Waals surface area contributed by atoms with Crippen LogP contribution in [-0.2, 0) is 12.8 Å². The zero-order valence-corrected chi connectivity index (χ0v) is 16.8. The summed E-state index contributed by atoms with van der Waals surface area (Å²) in [5.41, 5.74) is 9.31. The van der Waals surface area contributed by atoms with E-state index in [0.717, 1.165) is 18.4 Å². The molecule has 0 atom stereocenters. The highest BCUT2D eigenvalue weighted by Gasteiger charge is 2.15. The van der Waals surface area contributed by atoms with E-state index in [2.05, 4.69) is 87.5 Å². The summed E-state index contributed by atoms with van der Waals surface area (Å²) in [7, 11) is 0. The van der Waals surface area contributed by atoms with E-state index in [1.165, 1.54) is 59.1 Å². The first-order valence-electron chi connectivity index (χ1n) is 10.4. The molecule has 0 saturated heterocycles. The first kappa shape index (κ1) is 19.4. The van der Waals surface area contributed by atoms with Crippen LogP contribution in [0.15, 0.2) is 66.7 Å². The van der Waals surface area contributed by atoms with Crippen LogP contribution in [0.1, 0.15) is 56.2 Å². The van der Waals surface area contributed by atoms with Gasteiger partial charge in [0.15, 0.2) is 0 Å². The molecular weight excluding hydrogens is 324 g/mol. The molecule has 1 radical (unpaired) electrons. The molecule has 0 aliphatic rings. The molecule has 0 amide bonds. The zero-order chi connectivity index (χ0) is 19.1. The van der Waals surface area contributed by atoms with Crippen LogP contribution in [0.2, 0.25) is 0 Å². The molecule has 139 valence electrons. The lowest BCUT2D eigenvalue weighted by Crippen LogP contribution is -1.97. The van der Waals surface area contributed by atoms with Crippen molar-refractivity contribution in [2.45, 2.75) is 52.4 Å². The van der Waals surface area contributed by atoms with E-state index in [0.29, 0.717) is 0 Å². The molecule has 0 unspecified atom stereocenters. The molecule has 3 aromatic carbocycles. The SMILES string of the molecule is [CH2]c1cccc(-c2ccccc2CCCC)c1-c1ccccc1CCCC. The number of aryl methyl sites for hydroxylation is 2. The summed E-state index contributed by atoms with van der Waals surface area (Å²) in [6.45, 7) is 8.91. The van der Waals surface area contributed by atoms with E-state index in [1.54, 1.807) is 0 Å². The number of rotatable bonds is 8. The third-order valence-corrected chi connectivity index (χ3v) is 5.34. The van der Waals surface area contributed by atoms with Crippen LogP contribution in [0.25, 0.3) is 22.3 Å². The molecule has 27 heavy (non-hydrogen) atoms. The molecule has 0 bridgehead atoms. The summed E-state index contributed by atoms with van der Waals surface area (Å²) >= 11 is 0. The third-order valence-electron chi connectivity index (χ3n) is 5.34. The molecule has 0 aliphatic heterocycles. The van der Waals surface area contributed by atoms with Gasteiger partial charge in [0.05, 0.1) is 0 Å². The summed E-state index contributed by atoms with van der Waals surface area (Å²) in [6.07, 6.45) is 7.13. The largest absolute Gasteiger partial charge is 0.0654 e. The maximum absolute atomic E-state index is 4.40. The normalized spacial score (nSPS) is 10.9. The zero-order valence-electron chi connectivity index (χ0n) is 16.8. The van der Waals surface area contributed by atoms with Gasteiger partial charge in [0, 0.05) is 0 Å². The summed E-state index contributed by atoms with van der Waals surface area (Å²) in [5.74, 6) is 0. The van der Waals surface area contributed by atoms with Crippen LogP contribution < -0.4 is 0 Å². The fourth-order valence-corrected chi connectivity index (χ4v) is 3.86. The van der Waals surface area contributed by atoms with Gasteiger partial charge in [-0.2, -0.15) is 0 Å². The first-order valence-corrected chi connectivity index (χ1v) is 10.4. The molecule has 0 spiro atoms. The van der Waals surface area contributed by atoms with Crippen molar-refractivity contribution in [2.75, 3.05) is 0 Å². The molecule has 0 nitrogen and oxygen atoms in total. The van der Waals surface area contributed by atoms with Crippen molar-refractivity contribution in [3.05, 3.63) is 90.3 Å². The second-order valence-electron chi connectivity index (χ2n) is 7.36. The van der Waals surface area contributed by atoms with Crippen molar-refractivity contribution >= 4 is 0 Å². The predicted molar refractivity (Wildman–Crippen MR) is 119 cm³/mol. The fraction of sp³-hybridized carbons (Fsp3) is 0.296. The number of unbranched alkanes of at least 4 members (excludes halogenated alkanes) is 2. The molecule has 0 aromatic heterocycles. The highest BCUT2D eigenvalue weighted by atomic mass is 14.2. The van der Waals surface area contributed by atoms with Gasteiger partial charge in [-0.25, -0.2) is 0 Å². The Hall–Kier alpha value is -2.34. The maximum Gasteiger partial charge on any atom is -0.00703 e. The first-order chi connectivity index (χ1) is 13.3. The van der Waals surface area contributed by atoms with Gasteiger partial charge in [0.2, 0.25) is 0 Å². The number of hydrogen-bond donors (Lipinski definition) is 0. The quantitative estimate of drug-likeness (QED) is 0.385. The average Bonchev–Trinajstić information content (AvgIpc) is 2.71. The van der Waals surface area contributed by atoms with E-state index < -0.39 is 0 Å². The number of benzene rings is 3. The molecule has 0 heteroatoms. The van der Waals surface area contributed by atoms with Gasteiger partial charge >= 0.3 is 0 Å². The van der Waals surface area contributed by atoms with E-state index in [1.807, 2.05) is 0 Å². The predicted octanol–water partition coefficient (Wildman–Crippen LogP) is 7.89. The van der Waals surface area contributed by atoms with Gasteiger partial charge in [0.25, 0.3) is 0 Å². The minimum atomic E-state index is 1.11. The molecular formula is C27H31. The second-order valence-corrected chi connectivity index (χ2v) is 7.36. The van der Waals surface area contributed by atoms with Crippen molar-refractivity contribution < 1.29 is 0 Å². The Morgan fingerprint density at radius 1 is 0.593 bits per heavy atom. The summed E-state index contributed by atoms with van der Waals surface area (Å²) in [6, 6.07) is 24.3. The third kappa shape index (κ3) is 4.50. The Labute approximate surface area is 165 Å². The lowest BCUT2D eigenvalue weighted by molar-refractivity contribution is 0.795. The Kier molecular flexibility index (Phi) is 6.87. The molecule has 0 saturated carbocycles. The Morgan fingerprint density at radius 3 is 1.74 bits per heavy atom. The van der Waals surface area contributed by atoms with Crippen LogP contribution in [-0.4, -0.2) is 0 Å². The summed E-state index contributed by atoms with van der Waals surface area (Å²) < 4.78 is 0. The van der Waals surface area contributed by atoms with Gasteiger partial charge in [-0.1, -0.05) is 93.4 Å². The highest BCUT2D eigenvalue weighted by Crippen LogP contribution is 2.38. The smallest absolute Gasteiger partial charge is 0.00703 e. The van der Waals surface area contributed by atoms with Gasteiger partial charge in [-0.05, 0) is 71.6 Å². The van der Waals surface area contributed by atoms with Crippen LogP contribution in [0.5, 0.6) is 0 Å². The molecule has 0 N–H and O–H groups in total. The van der Waals surface area contributed by atoms with Crippen LogP contribution in [0.4, 0.5) is 0 Å². The molecule has 0 heterocycles. The van der Waals surface area contributed by atoms with Crippen LogP contribution in [0.3, 0.4) is 0 Å². The van der Waals surface area contributed by atoms with E-state index in [9.17, 15) is 0 Å². The van der Waals surface area contributed by atoms with E-state index >= 15 is 0 Å². The number of hydrogen-bond acceptors (Lipinski definition) is 0. The second kappa shape index (κ2) is 9.55. The minimum absolute atomic E-state index is 1.11. The lowest BCUT2D eigenvalue weighted by Gasteiger charge is -2.19.